The minimum Gasteiger partial charge on any atom is -0.408 e. The molecule has 2 aromatic carbocycles. The molecule has 3 aromatic rings. The van der Waals surface area contributed by atoms with E-state index in [4.69, 9.17) is 4.42 Å². The fourth-order valence-corrected chi connectivity index (χ4v) is 2.39. The quantitative estimate of drug-likeness (QED) is 0.746. The fraction of sp³-hybridized carbons (Fsp3) is 0.176. The Bertz CT molecular complexity index is 892. The Kier molecular flexibility index (Phi) is 3.55. The smallest absolute Gasteiger partial charge is 0.408 e. The molecule has 22 heavy (non-hydrogen) atoms. The van der Waals surface area contributed by atoms with Gasteiger partial charge in [-0.15, -0.1) is 0 Å². The number of benzene rings is 2. The number of rotatable bonds is 3. The van der Waals surface area contributed by atoms with Crippen molar-refractivity contribution in [1.82, 2.24) is 4.57 Å². The number of hydrogen-bond acceptors (Lipinski definition) is 3. The van der Waals surface area contributed by atoms with Crippen LogP contribution >= 0.6 is 0 Å². The normalized spacial score (nSPS) is 10.8. The van der Waals surface area contributed by atoms with Crippen LogP contribution in [0.3, 0.4) is 0 Å². The first kappa shape index (κ1) is 14.1. The zero-order valence-electron chi connectivity index (χ0n) is 12.4. The molecule has 0 spiro atoms. The maximum atomic E-state index is 12.4. The van der Waals surface area contributed by atoms with Crippen molar-refractivity contribution in [3.63, 3.8) is 0 Å². The average molecular weight is 296 g/mol. The summed E-state index contributed by atoms with van der Waals surface area (Å²) in [6, 6.07) is 14.7. The summed E-state index contributed by atoms with van der Waals surface area (Å²) in [6.45, 7) is 1.91. The van der Waals surface area contributed by atoms with E-state index in [1.54, 1.807) is 30.1 Å². The number of carbonyl (C=O) groups is 1. The third-order valence-corrected chi connectivity index (χ3v) is 3.63. The summed E-state index contributed by atoms with van der Waals surface area (Å²) in [4.78, 5) is 25.9. The van der Waals surface area contributed by atoms with E-state index in [0.717, 1.165) is 11.3 Å². The van der Waals surface area contributed by atoms with Crippen LogP contribution in [0.2, 0.25) is 0 Å². The zero-order chi connectivity index (χ0) is 15.7. The SMILES string of the molecule is Cc1cccc(N(C)C(=O)Cn2c(=O)oc3ccccc32)c1. The van der Waals surface area contributed by atoms with Gasteiger partial charge in [-0.2, -0.15) is 0 Å². The summed E-state index contributed by atoms with van der Waals surface area (Å²) >= 11 is 0. The summed E-state index contributed by atoms with van der Waals surface area (Å²) in [5.41, 5.74) is 2.98. The topological polar surface area (TPSA) is 55.5 Å². The van der Waals surface area contributed by atoms with Crippen molar-refractivity contribution in [3.05, 3.63) is 64.6 Å². The average Bonchev–Trinajstić information content (AvgIpc) is 2.82. The molecule has 0 N–H and O–H groups in total. The largest absolute Gasteiger partial charge is 0.420 e. The van der Waals surface area contributed by atoms with Crippen LogP contribution in [0.25, 0.3) is 11.1 Å². The molecule has 1 heterocycles. The molecule has 0 fully saturated rings. The number of aryl methyl sites for hydroxylation is 1. The second kappa shape index (κ2) is 5.52. The van der Waals surface area contributed by atoms with E-state index in [-0.39, 0.29) is 12.5 Å². The molecule has 0 unspecified atom stereocenters. The minimum absolute atomic E-state index is 0.0553. The highest BCUT2D eigenvalue weighted by Gasteiger charge is 2.16. The maximum Gasteiger partial charge on any atom is 0.420 e. The van der Waals surface area contributed by atoms with E-state index in [1.165, 1.54) is 4.57 Å². The van der Waals surface area contributed by atoms with E-state index < -0.39 is 5.76 Å². The number of likely N-dealkylation sites (N-methyl/N-ethyl adjacent to an activating group) is 1. The first-order valence-corrected chi connectivity index (χ1v) is 6.98. The number of oxazole rings is 1. The fourth-order valence-electron chi connectivity index (χ4n) is 2.39. The van der Waals surface area contributed by atoms with Gasteiger partial charge in [0.05, 0.1) is 5.52 Å². The van der Waals surface area contributed by atoms with Gasteiger partial charge in [-0.1, -0.05) is 24.3 Å². The van der Waals surface area contributed by atoms with E-state index in [0.29, 0.717) is 11.1 Å². The predicted octanol–water partition coefficient (Wildman–Crippen LogP) is 2.57. The molecule has 3 rings (SSSR count). The summed E-state index contributed by atoms with van der Waals surface area (Å²) < 4.78 is 6.49. The van der Waals surface area contributed by atoms with Crippen LogP contribution in [0.5, 0.6) is 0 Å². The van der Waals surface area contributed by atoms with Gasteiger partial charge in [0.1, 0.15) is 6.54 Å². The van der Waals surface area contributed by atoms with Gasteiger partial charge in [0.15, 0.2) is 5.58 Å². The van der Waals surface area contributed by atoms with Crippen molar-refractivity contribution < 1.29 is 9.21 Å². The number of amides is 1. The molecule has 1 amide bonds. The summed E-state index contributed by atoms with van der Waals surface area (Å²) in [5, 5.41) is 0. The van der Waals surface area contributed by atoms with Gasteiger partial charge in [-0.3, -0.25) is 9.36 Å². The maximum absolute atomic E-state index is 12.4. The van der Waals surface area contributed by atoms with Crippen molar-refractivity contribution >= 4 is 22.7 Å². The van der Waals surface area contributed by atoms with Crippen LogP contribution in [0.1, 0.15) is 5.56 Å². The Balaban J connectivity index is 1.90. The first-order valence-electron chi connectivity index (χ1n) is 6.98. The van der Waals surface area contributed by atoms with Crippen LogP contribution in [-0.4, -0.2) is 17.5 Å². The van der Waals surface area contributed by atoms with Crippen molar-refractivity contribution in [2.24, 2.45) is 0 Å². The van der Waals surface area contributed by atoms with Gasteiger partial charge in [0, 0.05) is 12.7 Å². The zero-order valence-corrected chi connectivity index (χ0v) is 12.4. The molecule has 0 bridgehead atoms. The number of fused-ring (bicyclic) bond motifs is 1. The second-order valence-electron chi connectivity index (χ2n) is 5.21. The number of para-hydroxylation sites is 2. The van der Waals surface area contributed by atoms with Crippen molar-refractivity contribution in [1.29, 1.82) is 0 Å². The summed E-state index contributed by atoms with van der Waals surface area (Å²) in [6.07, 6.45) is 0. The Morgan fingerprint density at radius 3 is 2.73 bits per heavy atom. The Morgan fingerprint density at radius 2 is 1.95 bits per heavy atom. The number of hydrogen-bond donors (Lipinski definition) is 0. The van der Waals surface area contributed by atoms with Crippen LogP contribution in [0.15, 0.2) is 57.7 Å². The molecule has 1 aromatic heterocycles. The molecule has 5 nitrogen and oxygen atoms in total. The standard InChI is InChI=1S/C17H16N2O3/c1-12-6-5-7-13(10-12)18(2)16(20)11-19-14-8-3-4-9-15(14)22-17(19)21/h3-10H,11H2,1-2H3. The molecular weight excluding hydrogens is 280 g/mol. The van der Waals surface area contributed by atoms with Crippen LogP contribution in [0, 0.1) is 6.92 Å². The van der Waals surface area contributed by atoms with Crippen molar-refractivity contribution in [3.8, 4) is 0 Å². The van der Waals surface area contributed by atoms with Crippen molar-refractivity contribution in [2.75, 3.05) is 11.9 Å². The van der Waals surface area contributed by atoms with E-state index in [1.807, 2.05) is 37.3 Å². The summed E-state index contributed by atoms with van der Waals surface area (Å²) in [5.74, 6) is -0.702. The van der Waals surface area contributed by atoms with E-state index in [9.17, 15) is 9.59 Å². The molecule has 112 valence electrons. The van der Waals surface area contributed by atoms with Gasteiger partial charge < -0.3 is 9.32 Å². The van der Waals surface area contributed by atoms with Crippen molar-refractivity contribution in [2.45, 2.75) is 13.5 Å². The highest BCUT2D eigenvalue weighted by Crippen LogP contribution is 2.16. The lowest BCUT2D eigenvalue weighted by Gasteiger charge is -2.17. The molecule has 0 aliphatic heterocycles. The van der Waals surface area contributed by atoms with Crippen LogP contribution in [0.4, 0.5) is 5.69 Å². The summed E-state index contributed by atoms with van der Waals surface area (Å²) in [7, 11) is 1.70. The minimum atomic E-state index is -0.521. The third-order valence-electron chi connectivity index (χ3n) is 3.63. The molecule has 0 saturated carbocycles. The molecule has 0 atom stereocenters. The molecular formula is C17H16N2O3. The number of aromatic nitrogens is 1. The van der Waals surface area contributed by atoms with Gasteiger partial charge in [-0.05, 0) is 36.8 Å². The molecule has 0 aliphatic carbocycles. The molecule has 0 saturated heterocycles. The molecule has 5 heteroatoms. The second-order valence-corrected chi connectivity index (χ2v) is 5.21. The predicted molar refractivity (Wildman–Crippen MR) is 85.1 cm³/mol. The highest BCUT2D eigenvalue weighted by atomic mass is 16.4. The van der Waals surface area contributed by atoms with Crippen LogP contribution < -0.4 is 10.7 Å². The lowest BCUT2D eigenvalue weighted by Crippen LogP contribution is -2.32. The number of carbonyl (C=O) groups excluding carboxylic acids is 1. The molecule has 0 aliphatic rings. The van der Waals surface area contributed by atoms with Gasteiger partial charge in [-0.25, -0.2) is 4.79 Å². The van der Waals surface area contributed by atoms with Gasteiger partial charge >= 0.3 is 5.76 Å². The lowest BCUT2D eigenvalue weighted by molar-refractivity contribution is -0.118. The third kappa shape index (κ3) is 2.53. The number of nitrogens with zero attached hydrogens (tertiary/aromatic N) is 2. The Morgan fingerprint density at radius 1 is 1.18 bits per heavy atom. The Labute approximate surface area is 127 Å². The van der Waals surface area contributed by atoms with Crippen LogP contribution in [-0.2, 0) is 11.3 Å². The molecule has 0 radical (unpaired) electrons. The lowest BCUT2D eigenvalue weighted by atomic mass is 10.2. The first-order chi connectivity index (χ1) is 10.6. The number of anilines is 1. The van der Waals surface area contributed by atoms with E-state index >= 15 is 0 Å². The Hall–Kier alpha value is -2.82. The monoisotopic (exact) mass is 296 g/mol. The van der Waals surface area contributed by atoms with Gasteiger partial charge in [0.25, 0.3) is 0 Å². The van der Waals surface area contributed by atoms with E-state index in [2.05, 4.69) is 0 Å². The van der Waals surface area contributed by atoms with Gasteiger partial charge in [0.2, 0.25) is 5.91 Å². The highest BCUT2D eigenvalue weighted by molar-refractivity contribution is 5.93.